The maximum absolute atomic E-state index is 13.4. The standard InChI is InChI=1S/C22H19N5O4/c1-11-2-4-12(5-3-11)25-21(28)17-15-10-16(18(17)22(25)29)20-19(15)23-24-26(20)13-6-8-14(9-7-13)27(30)31/h2-9,15-20H,10H2,1H3/t15-,16+,17-,18+,19-,20+/m0/s1. The Morgan fingerprint density at radius 2 is 1.55 bits per heavy atom. The van der Waals surface area contributed by atoms with E-state index in [-0.39, 0.29) is 53.3 Å². The molecule has 0 unspecified atom stereocenters. The van der Waals surface area contributed by atoms with Crippen molar-refractivity contribution in [1.82, 2.24) is 0 Å². The van der Waals surface area contributed by atoms with E-state index in [0.29, 0.717) is 11.4 Å². The van der Waals surface area contributed by atoms with Crippen LogP contribution in [0.4, 0.5) is 17.1 Å². The molecule has 2 aromatic carbocycles. The number of fused-ring (bicyclic) bond motifs is 8. The van der Waals surface area contributed by atoms with Crippen LogP contribution >= 0.6 is 0 Å². The zero-order chi connectivity index (χ0) is 21.4. The number of anilines is 2. The van der Waals surface area contributed by atoms with E-state index in [1.165, 1.54) is 17.0 Å². The smallest absolute Gasteiger partial charge is 0.269 e. The summed E-state index contributed by atoms with van der Waals surface area (Å²) in [4.78, 5) is 38.5. The van der Waals surface area contributed by atoms with Crippen LogP contribution in [-0.2, 0) is 9.59 Å². The number of aryl methyl sites for hydroxylation is 1. The summed E-state index contributed by atoms with van der Waals surface area (Å²) in [7, 11) is 0. The van der Waals surface area contributed by atoms with Gasteiger partial charge in [-0.15, -0.1) is 0 Å². The molecule has 2 saturated carbocycles. The maximum Gasteiger partial charge on any atom is 0.269 e. The van der Waals surface area contributed by atoms with E-state index >= 15 is 0 Å². The predicted molar refractivity (Wildman–Crippen MR) is 110 cm³/mol. The first-order valence-corrected chi connectivity index (χ1v) is 10.3. The first-order chi connectivity index (χ1) is 15.0. The molecule has 3 fully saturated rings. The number of carbonyl (C=O) groups is 2. The fourth-order valence-corrected chi connectivity index (χ4v) is 5.98. The molecule has 2 aliphatic carbocycles. The van der Waals surface area contributed by atoms with Gasteiger partial charge in [-0.2, -0.15) is 5.11 Å². The van der Waals surface area contributed by atoms with E-state index in [9.17, 15) is 19.7 Å². The van der Waals surface area contributed by atoms with Crippen LogP contribution < -0.4 is 9.91 Å². The molecule has 4 aliphatic rings. The number of nitro groups is 1. The number of non-ortho nitro benzene ring substituents is 1. The molecule has 0 radical (unpaired) electrons. The lowest BCUT2D eigenvalue weighted by Gasteiger charge is -2.33. The van der Waals surface area contributed by atoms with Gasteiger partial charge in [0.2, 0.25) is 11.8 Å². The molecule has 2 amide bonds. The van der Waals surface area contributed by atoms with E-state index in [1.54, 1.807) is 17.1 Å². The second-order valence-electron chi connectivity index (χ2n) is 8.77. The molecule has 9 nitrogen and oxygen atoms in total. The number of hydrogen-bond donors (Lipinski definition) is 0. The fraction of sp³-hybridized carbons (Fsp3) is 0.364. The third-order valence-electron chi connectivity index (χ3n) is 7.27. The zero-order valence-corrected chi connectivity index (χ0v) is 16.7. The molecular weight excluding hydrogens is 398 g/mol. The summed E-state index contributed by atoms with van der Waals surface area (Å²) >= 11 is 0. The normalized spacial score (nSPS) is 32.7. The maximum atomic E-state index is 13.4. The van der Waals surface area contributed by atoms with Crippen LogP contribution in [0.15, 0.2) is 58.9 Å². The molecule has 1 saturated heterocycles. The second-order valence-corrected chi connectivity index (χ2v) is 8.77. The lowest BCUT2D eigenvalue weighted by Crippen LogP contribution is -2.47. The third kappa shape index (κ3) is 2.37. The van der Waals surface area contributed by atoms with E-state index in [1.807, 2.05) is 31.2 Å². The Hall–Kier alpha value is -3.62. The van der Waals surface area contributed by atoms with Crippen LogP contribution in [0, 0.1) is 40.7 Å². The van der Waals surface area contributed by atoms with Crippen molar-refractivity contribution in [2.75, 3.05) is 9.91 Å². The zero-order valence-electron chi connectivity index (χ0n) is 16.7. The van der Waals surface area contributed by atoms with Crippen molar-refractivity contribution in [2.45, 2.75) is 25.4 Å². The van der Waals surface area contributed by atoms with Crippen molar-refractivity contribution < 1.29 is 14.5 Å². The SMILES string of the molecule is Cc1ccc(N2C(=O)[C@@H]3[C@H]4C[C@H]([C@@H]5N=NN(c6ccc([N+](=O)[O-])cc6)[C@H]45)[C@@H]3C2=O)cc1. The number of imide groups is 1. The fourth-order valence-electron chi connectivity index (χ4n) is 5.98. The van der Waals surface area contributed by atoms with Crippen molar-refractivity contribution in [1.29, 1.82) is 0 Å². The van der Waals surface area contributed by atoms with E-state index < -0.39 is 4.92 Å². The minimum Gasteiger partial charge on any atom is -0.274 e. The van der Waals surface area contributed by atoms with Gasteiger partial charge in [0.15, 0.2) is 0 Å². The van der Waals surface area contributed by atoms with Crippen molar-refractivity contribution in [3.05, 3.63) is 64.2 Å². The highest BCUT2D eigenvalue weighted by Gasteiger charge is 2.70. The van der Waals surface area contributed by atoms with Gasteiger partial charge in [-0.3, -0.25) is 24.6 Å². The molecule has 2 aromatic rings. The van der Waals surface area contributed by atoms with Crippen LogP contribution in [0.5, 0.6) is 0 Å². The van der Waals surface area contributed by atoms with Gasteiger partial charge in [0.05, 0.1) is 40.2 Å². The van der Waals surface area contributed by atoms with Crippen molar-refractivity contribution in [3.8, 4) is 0 Å². The summed E-state index contributed by atoms with van der Waals surface area (Å²) < 4.78 is 0. The molecule has 9 heteroatoms. The highest BCUT2D eigenvalue weighted by molar-refractivity contribution is 6.22. The Bertz CT molecular complexity index is 1150. The quantitative estimate of drug-likeness (QED) is 0.433. The number of nitro benzene ring substituents is 1. The highest BCUT2D eigenvalue weighted by atomic mass is 16.6. The van der Waals surface area contributed by atoms with Gasteiger partial charge in [0, 0.05) is 12.1 Å². The van der Waals surface area contributed by atoms with Crippen LogP contribution in [-0.4, -0.2) is 28.8 Å². The largest absolute Gasteiger partial charge is 0.274 e. The highest BCUT2D eigenvalue weighted by Crippen LogP contribution is 2.60. The number of benzene rings is 2. The first kappa shape index (κ1) is 18.2. The monoisotopic (exact) mass is 417 g/mol. The molecular formula is C22H19N5O4. The third-order valence-corrected chi connectivity index (χ3v) is 7.27. The van der Waals surface area contributed by atoms with Crippen molar-refractivity contribution in [3.63, 3.8) is 0 Å². The molecule has 156 valence electrons. The predicted octanol–water partition coefficient (Wildman–Crippen LogP) is 3.28. The molecule has 0 aromatic heterocycles. The van der Waals surface area contributed by atoms with Gasteiger partial charge in [0.1, 0.15) is 0 Å². The van der Waals surface area contributed by atoms with E-state index in [4.69, 9.17) is 0 Å². The molecule has 2 bridgehead atoms. The average Bonchev–Trinajstić information content (AvgIpc) is 3.49. The van der Waals surface area contributed by atoms with Crippen LogP contribution in [0.2, 0.25) is 0 Å². The minimum absolute atomic E-state index is 0.00903. The molecule has 6 rings (SSSR count). The number of rotatable bonds is 3. The summed E-state index contributed by atoms with van der Waals surface area (Å²) in [6.07, 6.45) is 0.770. The average molecular weight is 417 g/mol. The van der Waals surface area contributed by atoms with Crippen LogP contribution in [0.3, 0.4) is 0 Å². The summed E-state index contributed by atoms with van der Waals surface area (Å²) in [5, 5.41) is 21.5. The summed E-state index contributed by atoms with van der Waals surface area (Å²) in [6.45, 7) is 1.96. The van der Waals surface area contributed by atoms with Crippen molar-refractivity contribution >= 4 is 28.9 Å². The Kier molecular flexibility index (Phi) is 3.63. The summed E-state index contributed by atoms with van der Waals surface area (Å²) in [5.74, 6) is -1.04. The van der Waals surface area contributed by atoms with Gasteiger partial charge < -0.3 is 0 Å². The van der Waals surface area contributed by atoms with Gasteiger partial charge in [0.25, 0.3) is 5.69 Å². The Labute approximate surface area is 177 Å². The molecule has 31 heavy (non-hydrogen) atoms. The van der Waals surface area contributed by atoms with Crippen molar-refractivity contribution in [2.24, 2.45) is 34.0 Å². The molecule has 2 aliphatic heterocycles. The number of amides is 2. The number of hydrogen-bond acceptors (Lipinski definition) is 7. The molecule has 6 atom stereocenters. The first-order valence-electron chi connectivity index (χ1n) is 10.3. The lowest BCUT2D eigenvalue weighted by molar-refractivity contribution is -0.384. The van der Waals surface area contributed by atoms with E-state index in [2.05, 4.69) is 10.3 Å². The Morgan fingerprint density at radius 3 is 2.19 bits per heavy atom. The number of nitrogens with zero attached hydrogens (tertiary/aromatic N) is 5. The Morgan fingerprint density at radius 1 is 0.935 bits per heavy atom. The molecule has 0 spiro atoms. The van der Waals surface area contributed by atoms with Crippen LogP contribution in [0.25, 0.3) is 0 Å². The van der Waals surface area contributed by atoms with Gasteiger partial charge in [-0.1, -0.05) is 22.9 Å². The van der Waals surface area contributed by atoms with Gasteiger partial charge in [-0.25, -0.2) is 5.01 Å². The number of carbonyl (C=O) groups excluding carboxylic acids is 2. The van der Waals surface area contributed by atoms with E-state index in [0.717, 1.165) is 12.0 Å². The molecule has 2 heterocycles. The summed E-state index contributed by atoms with van der Waals surface area (Å²) in [6, 6.07) is 13.4. The second kappa shape index (κ2) is 6.19. The van der Waals surface area contributed by atoms with Crippen LogP contribution in [0.1, 0.15) is 12.0 Å². The lowest BCUT2D eigenvalue weighted by atomic mass is 9.76. The topological polar surface area (TPSA) is 108 Å². The Balaban J connectivity index is 1.32. The minimum atomic E-state index is -0.442. The van der Waals surface area contributed by atoms with Gasteiger partial charge >= 0.3 is 0 Å². The summed E-state index contributed by atoms with van der Waals surface area (Å²) in [5.41, 5.74) is 2.40. The molecule has 0 N–H and O–H groups in total. The van der Waals surface area contributed by atoms with Gasteiger partial charge in [-0.05, 0) is 49.4 Å².